The maximum absolute atomic E-state index is 12.2. The van der Waals surface area contributed by atoms with Gasteiger partial charge in [-0.25, -0.2) is 0 Å². The normalized spacial score (nSPS) is 31.3. The lowest BCUT2D eigenvalue weighted by Gasteiger charge is -2.23. The van der Waals surface area contributed by atoms with Crippen molar-refractivity contribution in [2.24, 2.45) is 5.92 Å². The molecule has 0 aromatic rings. The summed E-state index contributed by atoms with van der Waals surface area (Å²) in [6.45, 7) is 2.00. The van der Waals surface area contributed by atoms with Crippen molar-refractivity contribution in [3.8, 4) is 0 Å². The maximum atomic E-state index is 12.2. The van der Waals surface area contributed by atoms with E-state index in [1.54, 1.807) is 0 Å². The molecule has 18 heavy (non-hydrogen) atoms. The van der Waals surface area contributed by atoms with Crippen molar-refractivity contribution < 1.29 is 14.7 Å². The van der Waals surface area contributed by atoms with E-state index in [1.165, 1.54) is 6.42 Å². The molecule has 4 atom stereocenters. The second-order valence-corrected chi connectivity index (χ2v) is 5.48. The van der Waals surface area contributed by atoms with Crippen LogP contribution in [0.5, 0.6) is 0 Å². The first-order valence-corrected chi connectivity index (χ1v) is 6.88. The highest BCUT2D eigenvalue weighted by molar-refractivity contribution is 5.81. The van der Waals surface area contributed by atoms with E-state index in [0.717, 1.165) is 25.7 Å². The second kappa shape index (κ2) is 5.69. The van der Waals surface area contributed by atoms with E-state index >= 15 is 0 Å². The Bertz CT molecular complexity index is 332. The van der Waals surface area contributed by atoms with E-state index < -0.39 is 5.97 Å². The van der Waals surface area contributed by atoms with Crippen LogP contribution in [0.3, 0.4) is 0 Å². The number of hydrogen-bond donors (Lipinski definition) is 3. The molecule has 3 N–H and O–H groups in total. The monoisotopic (exact) mass is 254 g/mol. The van der Waals surface area contributed by atoms with Crippen molar-refractivity contribution in [3.05, 3.63) is 0 Å². The molecule has 2 aliphatic heterocycles. The van der Waals surface area contributed by atoms with Gasteiger partial charge in [0.2, 0.25) is 5.91 Å². The SMILES string of the molecule is CCCC(CC(=O)O)NC(=O)C1CC2CCC1N2. The summed E-state index contributed by atoms with van der Waals surface area (Å²) >= 11 is 0. The molecule has 0 saturated carbocycles. The average Bonchev–Trinajstić information content (AvgIpc) is 2.89. The fourth-order valence-electron chi connectivity index (χ4n) is 3.21. The number of nitrogens with one attached hydrogen (secondary N) is 2. The Morgan fingerprint density at radius 2 is 2.22 bits per heavy atom. The highest BCUT2D eigenvalue weighted by atomic mass is 16.4. The van der Waals surface area contributed by atoms with Gasteiger partial charge in [-0.2, -0.15) is 0 Å². The molecule has 0 aliphatic carbocycles. The molecule has 2 heterocycles. The first kappa shape index (κ1) is 13.3. The van der Waals surface area contributed by atoms with Crippen LogP contribution in [0.2, 0.25) is 0 Å². The molecule has 5 nitrogen and oxygen atoms in total. The van der Waals surface area contributed by atoms with Crippen LogP contribution in [0.4, 0.5) is 0 Å². The molecule has 2 bridgehead atoms. The largest absolute Gasteiger partial charge is 0.481 e. The molecule has 0 aromatic heterocycles. The Balaban J connectivity index is 1.86. The van der Waals surface area contributed by atoms with Crippen LogP contribution in [0.1, 0.15) is 45.4 Å². The Hall–Kier alpha value is -1.10. The van der Waals surface area contributed by atoms with Gasteiger partial charge in [0.05, 0.1) is 12.3 Å². The minimum Gasteiger partial charge on any atom is -0.481 e. The van der Waals surface area contributed by atoms with E-state index in [4.69, 9.17) is 5.11 Å². The third-order valence-corrected chi connectivity index (χ3v) is 4.04. The number of carboxylic acids is 1. The van der Waals surface area contributed by atoms with Gasteiger partial charge >= 0.3 is 5.97 Å². The minimum absolute atomic E-state index is 0.0217. The van der Waals surface area contributed by atoms with Crippen LogP contribution in [0.25, 0.3) is 0 Å². The van der Waals surface area contributed by atoms with E-state index in [2.05, 4.69) is 10.6 Å². The molecular formula is C13H22N2O3. The van der Waals surface area contributed by atoms with Gasteiger partial charge in [-0.05, 0) is 25.7 Å². The van der Waals surface area contributed by atoms with Crippen molar-refractivity contribution >= 4 is 11.9 Å². The third kappa shape index (κ3) is 3.02. The van der Waals surface area contributed by atoms with Crippen LogP contribution >= 0.6 is 0 Å². The molecule has 2 fully saturated rings. The lowest BCUT2D eigenvalue weighted by Crippen LogP contribution is -2.43. The summed E-state index contributed by atoms with van der Waals surface area (Å²) in [6, 6.07) is 0.580. The van der Waals surface area contributed by atoms with Crippen molar-refractivity contribution in [1.29, 1.82) is 0 Å². The van der Waals surface area contributed by atoms with Crippen molar-refractivity contribution in [3.63, 3.8) is 0 Å². The number of aliphatic carboxylic acids is 1. The first-order valence-electron chi connectivity index (χ1n) is 6.88. The number of carboxylic acid groups (broad SMARTS) is 1. The van der Waals surface area contributed by atoms with E-state index in [9.17, 15) is 9.59 Å². The molecule has 2 aliphatic rings. The molecular weight excluding hydrogens is 232 g/mol. The smallest absolute Gasteiger partial charge is 0.305 e. The standard InChI is InChI=1S/C13H22N2O3/c1-2-3-8(7-12(16)17)15-13(18)10-6-9-4-5-11(10)14-9/h8-11,14H,2-7H2,1H3,(H,15,18)(H,16,17). The Morgan fingerprint density at radius 3 is 2.72 bits per heavy atom. The van der Waals surface area contributed by atoms with Gasteiger partial charge in [-0.15, -0.1) is 0 Å². The van der Waals surface area contributed by atoms with Gasteiger partial charge < -0.3 is 15.7 Å². The van der Waals surface area contributed by atoms with Crippen molar-refractivity contribution in [2.75, 3.05) is 0 Å². The number of hydrogen-bond acceptors (Lipinski definition) is 3. The topological polar surface area (TPSA) is 78.4 Å². The summed E-state index contributed by atoms with van der Waals surface area (Å²) in [7, 11) is 0. The zero-order chi connectivity index (χ0) is 13.1. The Labute approximate surface area is 107 Å². The predicted molar refractivity (Wildman–Crippen MR) is 67.1 cm³/mol. The molecule has 1 amide bonds. The highest BCUT2D eigenvalue weighted by Crippen LogP contribution is 2.33. The highest BCUT2D eigenvalue weighted by Gasteiger charge is 2.43. The summed E-state index contributed by atoms with van der Waals surface area (Å²) in [6.07, 6.45) is 4.78. The Morgan fingerprint density at radius 1 is 1.44 bits per heavy atom. The number of rotatable bonds is 6. The lowest BCUT2D eigenvalue weighted by molar-refractivity contribution is -0.138. The number of carbonyl (C=O) groups is 2. The summed E-state index contributed by atoms with van der Waals surface area (Å²) in [5.74, 6) is -0.772. The molecule has 4 unspecified atom stereocenters. The van der Waals surface area contributed by atoms with Crippen LogP contribution in [-0.2, 0) is 9.59 Å². The maximum Gasteiger partial charge on any atom is 0.305 e. The summed E-state index contributed by atoms with van der Waals surface area (Å²) in [4.78, 5) is 22.9. The third-order valence-electron chi connectivity index (χ3n) is 4.04. The fourth-order valence-corrected chi connectivity index (χ4v) is 3.21. The van der Waals surface area contributed by atoms with E-state index in [-0.39, 0.29) is 24.3 Å². The van der Waals surface area contributed by atoms with Gasteiger partial charge in [0.1, 0.15) is 0 Å². The minimum atomic E-state index is -0.847. The lowest BCUT2D eigenvalue weighted by atomic mass is 9.88. The summed E-state index contributed by atoms with van der Waals surface area (Å²) in [5, 5.41) is 15.2. The fraction of sp³-hybridized carbons (Fsp3) is 0.846. The van der Waals surface area contributed by atoms with Crippen LogP contribution in [0, 0.1) is 5.92 Å². The molecule has 102 valence electrons. The zero-order valence-electron chi connectivity index (χ0n) is 10.8. The second-order valence-electron chi connectivity index (χ2n) is 5.48. The zero-order valence-corrected chi connectivity index (χ0v) is 10.8. The van der Waals surface area contributed by atoms with Gasteiger partial charge in [0, 0.05) is 18.1 Å². The molecule has 2 rings (SSSR count). The predicted octanol–water partition coefficient (Wildman–Crippen LogP) is 0.887. The molecule has 5 heteroatoms. The van der Waals surface area contributed by atoms with Crippen molar-refractivity contribution in [1.82, 2.24) is 10.6 Å². The molecule has 0 spiro atoms. The molecule has 2 saturated heterocycles. The summed E-state index contributed by atoms with van der Waals surface area (Å²) in [5.41, 5.74) is 0. The molecule has 0 radical (unpaired) electrons. The summed E-state index contributed by atoms with van der Waals surface area (Å²) < 4.78 is 0. The Kier molecular flexibility index (Phi) is 4.22. The number of fused-ring (bicyclic) bond motifs is 2. The number of amides is 1. The quantitative estimate of drug-likeness (QED) is 0.657. The van der Waals surface area contributed by atoms with Crippen LogP contribution < -0.4 is 10.6 Å². The van der Waals surface area contributed by atoms with E-state index in [1.807, 2.05) is 6.92 Å². The van der Waals surface area contributed by atoms with Gasteiger partial charge in [-0.3, -0.25) is 9.59 Å². The van der Waals surface area contributed by atoms with Gasteiger partial charge in [-0.1, -0.05) is 13.3 Å². The average molecular weight is 254 g/mol. The van der Waals surface area contributed by atoms with Crippen LogP contribution in [-0.4, -0.2) is 35.1 Å². The van der Waals surface area contributed by atoms with Gasteiger partial charge in [0.15, 0.2) is 0 Å². The van der Waals surface area contributed by atoms with Crippen LogP contribution in [0.15, 0.2) is 0 Å². The first-order chi connectivity index (χ1) is 8.60. The van der Waals surface area contributed by atoms with E-state index in [0.29, 0.717) is 12.1 Å². The number of carbonyl (C=O) groups excluding carboxylic acids is 1. The molecule has 0 aromatic carbocycles. The van der Waals surface area contributed by atoms with Crippen molar-refractivity contribution in [2.45, 2.75) is 63.6 Å². The van der Waals surface area contributed by atoms with Gasteiger partial charge in [0.25, 0.3) is 0 Å².